The molecule has 3 nitrogen and oxygen atoms in total. The molecule has 0 aromatic carbocycles. The van der Waals surface area contributed by atoms with E-state index in [0.29, 0.717) is 17.4 Å². The first-order chi connectivity index (χ1) is 8.94. The SMILES string of the molecule is CC(C)CN1CCCC12CCCN(C(=O)C(C)C)C2. The number of carbonyl (C=O) groups is 1. The lowest BCUT2D eigenvalue weighted by Crippen LogP contribution is -2.58. The van der Waals surface area contributed by atoms with Gasteiger partial charge in [0.2, 0.25) is 5.91 Å². The molecule has 2 heterocycles. The molecule has 0 aromatic heterocycles. The van der Waals surface area contributed by atoms with Crippen molar-refractivity contribution in [2.45, 2.75) is 58.9 Å². The molecule has 1 spiro atoms. The molecule has 1 unspecified atom stereocenters. The van der Waals surface area contributed by atoms with Gasteiger partial charge in [-0.05, 0) is 38.1 Å². The minimum absolute atomic E-state index is 0.134. The van der Waals surface area contributed by atoms with Crippen LogP contribution in [-0.4, -0.2) is 47.4 Å². The normalized spacial score (nSPS) is 28.8. The van der Waals surface area contributed by atoms with E-state index in [9.17, 15) is 4.79 Å². The molecular weight excluding hydrogens is 236 g/mol. The van der Waals surface area contributed by atoms with Crippen LogP contribution in [0.3, 0.4) is 0 Å². The summed E-state index contributed by atoms with van der Waals surface area (Å²) in [6.45, 7) is 13.0. The Labute approximate surface area is 118 Å². The van der Waals surface area contributed by atoms with E-state index in [0.717, 1.165) is 13.1 Å². The second kappa shape index (κ2) is 5.82. The van der Waals surface area contributed by atoms with E-state index in [1.807, 2.05) is 13.8 Å². The smallest absolute Gasteiger partial charge is 0.225 e. The van der Waals surface area contributed by atoms with E-state index in [4.69, 9.17) is 0 Å². The van der Waals surface area contributed by atoms with E-state index in [1.54, 1.807) is 0 Å². The molecule has 0 radical (unpaired) electrons. The highest BCUT2D eigenvalue weighted by Crippen LogP contribution is 2.37. The topological polar surface area (TPSA) is 23.6 Å². The molecule has 0 saturated carbocycles. The molecular formula is C16H30N2O. The largest absolute Gasteiger partial charge is 0.341 e. The van der Waals surface area contributed by atoms with E-state index in [2.05, 4.69) is 23.6 Å². The highest BCUT2D eigenvalue weighted by Gasteiger charge is 2.44. The van der Waals surface area contributed by atoms with Crippen LogP contribution in [0.4, 0.5) is 0 Å². The second-order valence-electron chi connectivity index (χ2n) is 7.19. The van der Waals surface area contributed by atoms with Crippen molar-refractivity contribution in [2.75, 3.05) is 26.2 Å². The van der Waals surface area contributed by atoms with E-state index >= 15 is 0 Å². The molecule has 2 fully saturated rings. The number of likely N-dealkylation sites (tertiary alicyclic amines) is 2. The number of piperidine rings is 1. The van der Waals surface area contributed by atoms with Crippen LogP contribution in [0.15, 0.2) is 0 Å². The van der Waals surface area contributed by atoms with Gasteiger partial charge in [-0.25, -0.2) is 0 Å². The number of hydrogen-bond acceptors (Lipinski definition) is 2. The van der Waals surface area contributed by atoms with Gasteiger partial charge in [0.1, 0.15) is 0 Å². The van der Waals surface area contributed by atoms with Gasteiger partial charge in [-0.15, -0.1) is 0 Å². The first-order valence-corrected chi connectivity index (χ1v) is 7.98. The Morgan fingerprint density at radius 2 is 1.74 bits per heavy atom. The Bertz CT molecular complexity index is 327. The molecule has 0 aromatic rings. The summed E-state index contributed by atoms with van der Waals surface area (Å²) < 4.78 is 0. The summed E-state index contributed by atoms with van der Waals surface area (Å²) in [4.78, 5) is 17.1. The molecule has 1 amide bonds. The molecule has 2 aliphatic rings. The van der Waals surface area contributed by atoms with Crippen LogP contribution in [0.5, 0.6) is 0 Å². The first kappa shape index (κ1) is 14.8. The summed E-state index contributed by atoms with van der Waals surface area (Å²) in [6, 6.07) is 0. The fraction of sp³-hybridized carbons (Fsp3) is 0.938. The molecule has 3 heteroatoms. The van der Waals surface area contributed by atoms with Gasteiger partial charge in [-0.2, -0.15) is 0 Å². The monoisotopic (exact) mass is 266 g/mol. The van der Waals surface area contributed by atoms with Gasteiger partial charge in [0, 0.05) is 31.1 Å². The summed E-state index contributed by atoms with van der Waals surface area (Å²) >= 11 is 0. The molecule has 1 atom stereocenters. The minimum Gasteiger partial charge on any atom is -0.341 e. The van der Waals surface area contributed by atoms with Gasteiger partial charge in [0.05, 0.1) is 0 Å². The molecule has 0 N–H and O–H groups in total. The van der Waals surface area contributed by atoms with Gasteiger partial charge >= 0.3 is 0 Å². The van der Waals surface area contributed by atoms with Crippen LogP contribution in [0.1, 0.15) is 53.4 Å². The third-order valence-electron chi connectivity index (χ3n) is 4.69. The maximum Gasteiger partial charge on any atom is 0.225 e. The molecule has 2 rings (SSSR count). The molecule has 2 aliphatic heterocycles. The van der Waals surface area contributed by atoms with Gasteiger partial charge in [0.25, 0.3) is 0 Å². The fourth-order valence-electron chi connectivity index (χ4n) is 3.85. The standard InChI is InChI=1S/C16H30N2O/c1-13(2)11-18-10-6-8-16(18)7-5-9-17(12-16)15(19)14(3)4/h13-14H,5-12H2,1-4H3. The van der Waals surface area contributed by atoms with Crippen molar-refractivity contribution < 1.29 is 4.79 Å². The van der Waals surface area contributed by atoms with Crippen molar-refractivity contribution in [2.24, 2.45) is 11.8 Å². The maximum atomic E-state index is 12.3. The summed E-state index contributed by atoms with van der Waals surface area (Å²) in [5, 5.41) is 0. The summed E-state index contributed by atoms with van der Waals surface area (Å²) in [7, 11) is 0. The van der Waals surface area contributed by atoms with Crippen LogP contribution in [0.2, 0.25) is 0 Å². The minimum atomic E-state index is 0.134. The highest BCUT2D eigenvalue weighted by atomic mass is 16.2. The summed E-state index contributed by atoms with van der Waals surface area (Å²) in [6.07, 6.45) is 5.03. The Balaban J connectivity index is 2.08. The zero-order valence-corrected chi connectivity index (χ0v) is 13.1. The van der Waals surface area contributed by atoms with Crippen molar-refractivity contribution in [3.8, 4) is 0 Å². The Hall–Kier alpha value is -0.570. The van der Waals surface area contributed by atoms with Gasteiger partial charge in [0.15, 0.2) is 0 Å². The van der Waals surface area contributed by atoms with Gasteiger partial charge < -0.3 is 4.90 Å². The summed E-state index contributed by atoms with van der Waals surface area (Å²) in [5.41, 5.74) is 0.299. The maximum absolute atomic E-state index is 12.3. The van der Waals surface area contributed by atoms with Gasteiger partial charge in [-0.1, -0.05) is 27.7 Å². The van der Waals surface area contributed by atoms with Crippen molar-refractivity contribution in [1.82, 2.24) is 9.80 Å². The predicted molar refractivity (Wildman–Crippen MR) is 79.0 cm³/mol. The lowest BCUT2D eigenvalue weighted by atomic mass is 9.85. The average Bonchev–Trinajstić information content (AvgIpc) is 2.70. The predicted octanol–water partition coefficient (Wildman–Crippen LogP) is 2.76. The second-order valence-corrected chi connectivity index (χ2v) is 7.19. The zero-order valence-electron chi connectivity index (χ0n) is 13.1. The van der Waals surface area contributed by atoms with Crippen LogP contribution in [-0.2, 0) is 4.79 Å². The first-order valence-electron chi connectivity index (χ1n) is 7.98. The van der Waals surface area contributed by atoms with Crippen LogP contribution < -0.4 is 0 Å². The molecule has 2 saturated heterocycles. The Morgan fingerprint density at radius 3 is 2.32 bits per heavy atom. The third kappa shape index (κ3) is 3.13. The zero-order chi connectivity index (χ0) is 14.0. The van der Waals surface area contributed by atoms with Crippen molar-refractivity contribution in [3.63, 3.8) is 0 Å². The van der Waals surface area contributed by atoms with E-state index in [1.165, 1.54) is 38.8 Å². The molecule has 0 aliphatic carbocycles. The Kier molecular flexibility index (Phi) is 4.54. The quantitative estimate of drug-likeness (QED) is 0.784. The third-order valence-corrected chi connectivity index (χ3v) is 4.69. The summed E-state index contributed by atoms with van der Waals surface area (Å²) in [5.74, 6) is 1.19. The van der Waals surface area contributed by atoms with Crippen molar-refractivity contribution in [3.05, 3.63) is 0 Å². The molecule has 110 valence electrons. The van der Waals surface area contributed by atoms with Crippen LogP contribution in [0, 0.1) is 11.8 Å². The van der Waals surface area contributed by atoms with E-state index in [-0.39, 0.29) is 5.92 Å². The molecule has 19 heavy (non-hydrogen) atoms. The number of amides is 1. The van der Waals surface area contributed by atoms with Crippen LogP contribution >= 0.6 is 0 Å². The lowest BCUT2D eigenvalue weighted by molar-refractivity contribution is -0.138. The number of hydrogen-bond donors (Lipinski definition) is 0. The fourth-order valence-corrected chi connectivity index (χ4v) is 3.85. The van der Waals surface area contributed by atoms with Crippen molar-refractivity contribution >= 4 is 5.91 Å². The number of rotatable bonds is 3. The number of carbonyl (C=O) groups excluding carboxylic acids is 1. The number of nitrogens with zero attached hydrogens (tertiary/aromatic N) is 2. The average molecular weight is 266 g/mol. The van der Waals surface area contributed by atoms with Gasteiger partial charge in [-0.3, -0.25) is 9.69 Å². The van der Waals surface area contributed by atoms with Crippen molar-refractivity contribution in [1.29, 1.82) is 0 Å². The van der Waals surface area contributed by atoms with Crippen LogP contribution in [0.25, 0.3) is 0 Å². The van der Waals surface area contributed by atoms with E-state index < -0.39 is 0 Å². The lowest BCUT2D eigenvalue weighted by Gasteiger charge is -2.47. The highest BCUT2D eigenvalue weighted by molar-refractivity contribution is 5.78. The molecule has 0 bridgehead atoms. The Morgan fingerprint density at radius 1 is 1.11 bits per heavy atom.